The average molecular weight is 240 g/mol. The molecule has 0 aromatic heterocycles. The van der Waals surface area contributed by atoms with Crippen LogP contribution in [0.2, 0.25) is 0 Å². The molecule has 1 aromatic carbocycles. The Morgan fingerprint density at radius 2 is 2.06 bits per heavy atom. The number of nitrogens with zero attached hydrogens (tertiary/aromatic N) is 1. The summed E-state index contributed by atoms with van der Waals surface area (Å²) in [5.41, 5.74) is 7.48. The Labute approximate surface area is 100 Å². The van der Waals surface area contributed by atoms with Crippen LogP contribution in [0.15, 0.2) is 23.1 Å². The number of hydrogen-bond donors (Lipinski definition) is 1. The third-order valence-electron chi connectivity index (χ3n) is 2.44. The molecule has 16 heavy (non-hydrogen) atoms. The highest BCUT2D eigenvalue weighted by atomic mass is 32.2. The topological polar surface area (TPSA) is 46.3 Å². The summed E-state index contributed by atoms with van der Waals surface area (Å²) in [6.45, 7) is 2.91. The summed E-state index contributed by atoms with van der Waals surface area (Å²) < 4.78 is 11.9. The van der Waals surface area contributed by atoms with Gasteiger partial charge in [0.1, 0.15) is 0 Å². The first-order valence-electron chi connectivity index (χ1n) is 5.40. The highest BCUT2D eigenvalue weighted by Gasteiger charge is 2.05. The van der Waals surface area contributed by atoms with Crippen molar-refractivity contribution in [1.29, 1.82) is 0 Å². The van der Waals surface area contributed by atoms with Gasteiger partial charge in [0.2, 0.25) is 0 Å². The fourth-order valence-electron chi connectivity index (χ4n) is 1.42. The van der Waals surface area contributed by atoms with Crippen molar-refractivity contribution >= 4 is 16.5 Å². The molecular formula is C12H20N2OS. The molecule has 0 fully saturated rings. The summed E-state index contributed by atoms with van der Waals surface area (Å²) in [6.07, 6.45) is 0.947. The number of aryl methyl sites for hydroxylation is 1. The molecule has 0 aliphatic heterocycles. The predicted molar refractivity (Wildman–Crippen MR) is 70.0 cm³/mol. The normalized spacial score (nSPS) is 13.0. The standard InChI is InChI=1S/C12H20N2OS/c1-10-9-11(5-6-12(10)13)16(15)8-4-7-14(2)3/h5-6,9H,4,7-8,13H2,1-3H3. The fraction of sp³-hybridized carbons (Fsp3) is 0.500. The second-order valence-electron chi connectivity index (χ2n) is 4.22. The van der Waals surface area contributed by atoms with Gasteiger partial charge in [0.05, 0.1) is 10.8 Å². The molecule has 1 unspecified atom stereocenters. The average Bonchev–Trinajstić information content (AvgIpc) is 2.21. The lowest BCUT2D eigenvalue weighted by Gasteiger charge is -2.09. The van der Waals surface area contributed by atoms with Gasteiger partial charge in [-0.05, 0) is 57.7 Å². The molecule has 0 saturated heterocycles. The van der Waals surface area contributed by atoms with Crippen molar-refractivity contribution in [3.05, 3.63) is 23.8 Å². The van der Waals surface area contributed by atoms with Crippen LogP contribution in [0.5, 0.6) is 0 Å². The van der Waals surface area contributed by atoms with Crippen LogP contribution in [0.25, 0.3) is 0 Å². The Morgan fingerprint density at radius 3 is 2.62 bits per heavy atom. The van der Waals surface area contributed by atoms with E-state index in [1.807, 2.05) is 39.2 Å². The van der Waals surface area contributed by atoms with Gasteiger partial charge in [0.15, 0.2) is 0 Å². The molecule has 1 rings (SSSR count). The van der Waals surface area contributed by atoms with E-state index in [1.165, 1.54) is 0 Å². The zero-order chi connectivity index (χ0) is 12.1. The van der Waals surface area contributed by atoms with E-state index in [4.69, 9.17) is 5.73 Å². The van der Waals surface area contributed by atoms with Crippen LogP contribution < -0.4 is 5.73 Å². The molecule has 0 amide bonds. The van der Waals surface area contributed by atoms with Gasteiger partial charge in [-0.15, -0.1) is 0 Å². The summed E-state index contributed by atoms with van der Waals surface area (Å²) in [6, 6.07) is 5.60. The molecule has 0 bridgehead atoms. The van der Waals surface area contributed by atoms with Gasteiger partial charge < -0.3 is 10.6 Å². The highest BCUT2D eigenvalue weighted by molar-refractivity contribution is 7.85. The van der Waals surface area contributed by atoms with Gasteiger partial charge in [-0.3, -0.25) is 4.21 Å². The van der Waals surface area contributed by atoms with Crippen molar-refractivity contribution < 1.29 is 4.21 Å². The Bertz CT molecular complexity index is 377. The first-order chi connectivity index (χ1) is 7.50. The van der Waals surface area contributed by atoms with Crippen molar-refractivity contribution in [2.24, 2.45) is 0 Å². The van der Waals surface area contributed by atoms with E-state index >= 15 is 0 Å². The minimum atomic E-state index is -0.901. The van der Waals surface area contributed by atoms with Crippen LogP contribution in [-0.2, 0) is 10.8 Å². The smallest absolute Gasteiger partial charge is 0.0530 e. The van der Waals surface area contributed by atoms with E-state index in [0.29, 0.717) is 5.75 Å². The van der Waals surface area contributed by atoms with Crippen LogP contribution >= 0.6 is 0 Å². The molecule has 0 saturated carbocycles. The lowest BCUT2D eigenvalue weighted by Crippen LogP contribution is -2.15. The Morgan fingerprint density at radius 1 is 1.38 bits per heavy atom. The number of nitrogens with two attached hydrogens (primary N) is 1. The molecule has 0 aliphatic carbocycles. The van der Waals surface area contributed by atoms with E-state index in [1.54, 1.807) is 0 Å². The third kappa shape index (κ3) is 3.94. The number of nitrogen functional groups attached to an aromatic ring is 1. The maximum absolute atomic E-state index is 11.9. The molecular weight excluding hydrogens is 220 g/mol. The molecule has 0 radical (unpaired) electrons. The predicted octanol–water partition coefficient (Wildman–Crippen LogP) is 1.64. The number of anilines is 1. The maximum Gasteiger partial charge on any atom is 0.0530 e. The first-order valence-corrected chi connectivity index (χ1v) is 6.72. The second-order valence-corrected chi connectivity index (χ2v) is 5.80. The summed E-state index contributed by atoms with van der Waals surface area (Å²) >= 11 is 0. The van der Waals surface area contributed by atoms with Crippen LogP contribution in [0.1, 0.15) is 12.0 Å². The van der Waals surface area contributed by atoms with E-state index in [2.05, 4.69) is 4.90 Å². The van der Waals surface area contributed by atoms with E-state index in [0.717, 1.165) is 29.1 Å². The summed E-state index contributed by atoms with van der Waals surface area (Å²) in [5, 5.41) is 0. The summed E-state index contributed by atoms with van der Waals surface area (Å²) in [7, 11) is 3.15. The van der Waals surface area contributed by atoms with Crippen molar-refractivity contribution in [2.45, 2.75) is 18.2 Å². The SMILES string of the molecule is Cc1cc(S(=O)CCCN(C)C)ccc1N. The van der Waals surface area contributed by atoms with Gasteiger partial charge in [-0.2, -0.15) is 0 Å². The Balaban J connectivity index is 2.56. The zero-order valence-corrected chi connectivity index (χ0v) is 11.0. The minimum Gasteiger partial charge on any atom is -0.399 e. The third-order valence-corrected chi connectivity index (χ3v) is 3.88. The Hall–Kier alpha value is -0.870. The van der Waals surface area contributed by atoms with Crippen LogP contribution in [0, 0.1) is 6.92 Å². The van der Waals surface area contributed by atoms with Crippen LogP contribution in [0.3, 0.4) is 0 Å². The fourth-order valence-corrected chi connectivity index (χ4v) is 2.57. The molecule has 1 atom stereocenters. The van der Waals surface area contributed by atoms with Crippen molar-refractivity contribution in [3.63, 3.8) is 0 Å². The lowest BCUT2D eigenvalue weighted by molar-refractivity contribution is 0.409. The van der Waals surface area contributed by atoms with E-state index < -0.39 is 10.8 Å². The Kier molecular flexibility index (Phi) is 4.96. The van der Waals surface area contributed by atoms with Gasteiger partial charge in [0.25, 0.3) is 0 Å². The second kappa shape index (κ2) is 6.01. The minimum absolute atomic E-state index is 0.710. The molecule has 1 aromatic rings. The molecule has 0 heterocycles. The molecule has 0 spiro atoms. The zero-order valence-electron chi connectivity index (χ0n) is 10.2. The van der Waals surface area contributed by atoms with Gasteiger partial charge in [0, 0.05) is 16.3 Å². The molecule has 0 aliphatic rings. The lowest BCUT2D eigenvalue weighted by atomic mass is 10.2. The summed E-state index contributed by atoms with van der Waals surface area (Å²) in [5.74, 6) is 0.710. The molecule has 4 heteroatoms. The molecule has 3 nitrogen and oxygen atoms in total. The van der Waals surface area contributed by atoms with Gasteiger partial charge >= 0.3 is 0 Å². The maximum atomic E-state index is 11.9. The van der Waals surface area contributed by atoms with Crippen LogP contribution in [0.4, 0.5) is 5.69 Å². The number of benzene rings is 1. The molecule has 2 N–H and O–H groups in total. The van der Waals surface area contributed by atoms with Gasteiger partial charge in [-0.25, -0.2) is 0 Å². The van der Waals surface area contributed by atoms with E-state index in [-0.39, 0.29) is 0 Å². The van der Waals surface area contributed by atoms with Gasteiger partial charge in [-0.1, -0.05) is 0 Å². The van der Waals surface area contributed by atoms with Crippen molar-refractivity contribution in [3.8, 4) is 0 Å². The highest BCUT2D eigenvalue weighted by Crippen LogP contribution is 2.16. The monoisotopic (exact) mass is 240 g/mol. The molecule has 90 valence electrons. The van der Waals surface area contributed by atoms with Crippen LogP contribution in [-0.4, -0.2) is 35.5 Å². The van der Waals surface area contributed by atoms with E-state index in [9.17, 15) is 4.21 Å². The first kappa shape index (κ1) is 13.2. The van der Waals surface area contributed by atoms with Crippen molar-refractivity contribution in [2.75, 3.05) is 32.1 Å². The number of rotatable bonds is 5. The van der Waals surface area contributed by atoms with Crippen molar-refractivity contribution in [1.82, 2.24) is 4.90 Å². The largest absolute Gasteiger partial charge is 0.399 e. The number of hydrogen-bond acceptors (Lipinski definition) is 3. The summed E-state index contributed by atoms with van der Waals surface area (Å²) in [4.78, 5) is 2.98. The quantitative estimate of drug-likeness (QED) is 0.796.